The first-order valence-electron chi connectivity index (χ1n) is 7.29. The molecule has 2 aromatic rings. The van der Waals surface area contributed by atoms with Crippen molar-refractivity contribution in [3.05, 3.63) is 58.1 Å². The average Bonchev–Trinajstić information content (AvgIpc) is 2.62. The molecule has 0 bridgehead atoms. The molecule has 8 heteroatoms. The molecule has 0 aliphatic heterocycles. The maximum atomic E-state index is 12.6. The number of nitrogens with one attached hydrogen (secondary N) is 1. The number of nitriles is 1. The summed E-state index contributed by atoms with van der Waals surface area (Å²) in [7, 11) is 0. The van der Waals surface area contributed by atoms with Crippen molar-refractivity contribution in [3.63, 3.8) is 0 Å². The van der Waals surface area contributed by atoms with E-state index in [0.29, 0.717) is 17.9 Å². The van der Waals surface area contributed by atoms with Crippen molar-refractivity contribution in [2.75, 3.05) is 17.3 Å². The Hall–Kier alpha value is -2.50. The zero-order valence-corrected chi connectivity index (χ0v) is 15.0. The fourth-order valence-electron chi connectivity index (χ4n) is 2.08. The predicted octanol–water partition coefficient (Wildman–Crippen LogP) is 4.57. The Labute approximate surface area is 153 Å². The van der Waals surface area contributed by atoms with Gasteiger partial charge >= 0.3 is 0 Å². The van der Waals surface area contributed by atoms with Gasteiger partial charge in [0.2, 0.25) is 0 Å². The largest absolute Gasteiger partial charge is 0.321 e. The van der Waals surface area contributed by atoms with Crippen molar-refractivity contribution in [1.29, 1.82) is 5.26 Å². The van der Waals surface area contributed by atoms with Crippen LogP contribution in [0.2, 0.25) is 0 Å². The summed E-state index contributed by atoms with van der Waals surface area (Å²) in [5.41, 5.74) is 0.359. The summed E-state index contributed by atoms with van der Waals surface area (Å²) in [4.78, 5) is 24.8. The van der Waals surface area contributed by atoms with Crippen molar-refractivity contribution >= 4 is 40.8 Å². The first kappa shape index (κ1) is 18.8. The highest BCUT2D eigenvalue weighted by molar-refractivity contribution is 7.99. The number of hydrogen-bond donors (Lipinski definition) is 1. The standard InChI is InChI=1S/C17H15N3O3S2/c1-24-12-7-8-15(20(22)23)13(11-12)17(21)19-14-5-2-3-6-16(14)25-10-4-9-18/h2-3,5-8,11H,4,10H2,1H3,(H,19,21). The van der Waals surface area contributed by atoms with Gasteiger partial charge in [0.15, 0.2) is 0 Å². The number of benzene rings is 2. The number of carbonyl (C=O) groups is 1. The van der Waals surface area contributed by atoms with Crippen LogP contribution in [0.1, 0.15) is 16.8 Å². The quantitative estimate of drug-likeness (QED) is 0.330. The van der Waals surface area contributed by atoms with Crippen LogP contribution in [0, 0.1) is 21.4 Å². The van der Waals surface area contributed by atoms with Gasteiger partial charge < -0.3 is 5.32 Å². The monoisotopic (exact) mass is 373 g/mol. The van der Waals surface area contributed by atoms with Gasteiger partial charge in [-0.25, -0.2) is 0 Å². The minimum absolute atomic E-state index is 0.0219. The first-order valence-corrected chi connectivity index (χ1v) is 9.50. The molecule has 1 N–H and O–H groups in total. The molecule has 0 heterocycles. The second-order valence-corrected chi connectivity index (χ2v) is 6.86. The Morgan fingerprint density at radius 1 is 1.32 bits per heavy atom. The summed E-state index contributed by atoms with van der Waals surface area (Å²) in [6, 6.07) is 13.7. The molecule has 0 saturated carbocycles. The van der Waals surface area contributed by atoms with E-state index in [9.17, 15) is 14.9 Å². The fraction of sp³-hybridized carbons (Fsp3) is 0.176. The molecular weight excluding hydrogens is 358 g/mol. The van der Waals surface area contributed by atoms with Gasteiger partial charge in [-0.3, -0.25) is 14.9 Å². The van der Waals surface area contributed by atoms with Crippen LogP contribution in [0.15, 0.2) is 52.3 Å². The number of hydrogen-bond acceptors (Lipinski definition) is 6. The van der Waals surface area contributed by atoms with Gasteiger partial charge in [-0.15, -0.1) is 23.5 Å². The van der Waals surface area contributed by atoms with Gasteiger partial charge in [-0.2, -0.15) is 5.26 Å². The molecule has 2 aromatic carbocycles. The minimum Gasteiger partial charge on any atom is -0.321 e. The Morgan fingerprint density at radius 2 is 2.08 bits per heavy atom. The second-order valence-electron chi connectivity index (χ2n) is 4.85. The normalized spacial score (nSPS) is 10.1. The van der Waals surface area contributed by atoms with Crippen LogP contribution >= 0.6 is 23.5 Å². The van der Waals surface area contributed by atoms with Crippen LogP contribution in [-0.4, -0.2) is 22.8 Å². The summed E-state index contributed by atoms with van der Waals surface area (Å²) >= 11 is 2.86. The zero-order chi connectivity index (χ0) is 18.2. The van der Waals surface area contributed by atoms with E-state index in [1.54, 1.807) is 18.2 Å². The van der Waals surface area contributed by atoms with Gasteiger partial charge in [0.05, 0.1) is 16.7 Å². The molecule has 0 saturated heterocycles. The Morgan fingerprint density at radius 3 is 2.76 bits per heavy atom. The highest BCUT2D eigenvalue weighted by Gasteiger charge is 2.21. The molecule has 6 nitrogen and oxygen atoms in total. The van der Waals surface area contributed by atoms with E-state index in [-0.39, 0.29) is 11.3 Å². The van der Waals surface area contributed by atoms with Crippen molar-refractivity contribution < 1.29 is 9.72 Å². The molecule has 2 rings (SSSR count). The third kappa shape index (κ3) is 4.98. The molecule has 128 valence electrons. The zero-order valence-electron chi connectivity index (χ0n) is 13.4. The van der Waals surface area contributed by atoms with Crippen LogP contribution in [0.25, 0.3) is 0 Å². The van der Waals surface area contributed by atoms with Crippen LogP contribution < -0.4 is 5.32 Å². The molecule has 1 amide bonds. The molecule has 0 unspecified atom stereocenters. The fourth-order valence-corrected chi connectivity index (χ4v) is 3.38. The molecule has 0 atom stereocenters. The van der Waals surface area contributed by atoms with E-state index >= 15 is 0 Å². The summed E-state index contributed by atoms with van der Waals surface area (Å²) in [6.45, 7) is 0. The number of nitro benzene ring substituents is 1. The Kier molecular flexibility index (Phi) is 6.86. The van der Waals surface area contributed by atoms with E-state index in [1.165, 1.54) is 35.7 Å². The number of thioether (sulfide) groups is 2. The second kappa shape index (κ2) is 9.11. The molecule has 0 fully saturated rings. The summed E-state index contributed by atoms with van der Waals surface area (Å²) in [6.07, 6.45) is 2.23. The first-order chi connectivity index (χ1) is 12.1. The van der Waals surface area contributed by atoms with Crippen molar-refractivity contribution in [3.8, 4) is 6.07 Å². The molecule has 0 spiro atoms. The van der Waals surface area contributed by atoms with Crippen LogP contribution in [0.5, 0.6) is 0 Å². The number of rotatable bonds is 7. The topological polar surface area (TPSA) is 96.0 Å². The number of nitro groups is 1. The number of amides is 1. The Bertz CT molecular complexity index is 834. The Balaban J connectivity index is 2.28. The highest BCUT2D eigenvalue weighted by Crippen LogP contribution is 2.30. The number of carbonyl (C=O) groups excluding carboxylic acids is 1. The number of nitrogens with zero attached hydrogens (tertiary/aromatic N) is 2. The van der Waals surface area contributed by atoms with Gasteiger partial charge in [-0.1, -0.05) is 12.1 Å². The van der Waals surface area contributed by atoms with Crippen molar-refractivity contribution in [1.82, 2.24) is 0 Å². The summed E-state index contributed by atoms with van der Waals surface area (Å²) in [5, 5.41) is 22.6. The van der Waals surface area contributed by atoms with E-state index in [4.69, 9.17) is 5.26 Å². The van der Waals surface area contributed by atoms with Gasteiger partial charge in [0, 0.05) is 28.0 Å². The molecular formula is C17H15N3O3S2. The lowest BCUT2D eigenvalue weighted by Gasteiger charge is -2.11. The van der Waals surface area contributed by atoms with E-state index < -0.39 is 10.8 Å². The van der Waals surface area contributed by atoms with Crippen LogP contribution in [0.3, 0.4) is 0 Å². The predicted molar refractivity (Wildman–Crippen MR) is 100 cm³/mol. The number of para-hydroxylation sites is 1. The van der Waals surface area contributed by atoms with E-state index in [1.807, 2.05) is 18.4 Å². The smallest absolute Gasteiger partial charge is 0.282 e. The third-order valence-corrected chi connectivity index (χ3v) is 5.05. The lowest BCUT2D eigenvalue weighted by molar-refractivity contribution is -0.385. The lowest BCUT2D eigenvalue weighted by atomic mass is 10.1. The van der Waals surface area contributed by atoms with E-state index in [0.717, 1.165) is 9.79 Å². The van der Waals surface area contributed by atoms with E-state index in [2.05, 4.69) is 11.4 Å². The SMILES string of the molecule is CSc1ccc([N+](=O)[O-])c(C(=O)Nc2ccccc2SCCC#N)c1. The molecule has 0 aromatic heterocycles. The van der Waals surface area contributed by atoms with Gasteiger partial charge in [0.25, 0.3) is 11.6 Å². The summed E-state index contributed by atoms with van der Waals surface area (Å²) < 4.78 is 0. The van der Waals surface area contributed by atoms with Gasteiger partial charge in [-0.05, 0) is 30.5 Å². The van der Waals surface area contributed by atoms with Crippen molar-refractivity contribution in [2.24, 2.45) is 0 Å². The van der Waals surface area contributed by atoms with Crippen molar-refractivity contribution in [2.45, 2.75) is 16.2 Å². The van der Waals surface area contributed by atoms with Crippen LogP contribution in [-0.2, 0) is 0 Å². The molecule has 0 aliphatic carbocycles. The maximum absolute atomic E-state index is 12.6. The molecule has 0 radical (unpaired) electrons. The molecule has 0 aliphatic rings. The lowest BCUT2D eigenvalue weighted by Crippen LogP contribution is -2.14. The van der Waals surface area contributed by atoms with Gasteiger partial charge in [0.1, 0.15) is 5.56 Å². The third-order valence-electron chi connectivity index (χ3n) is 3.25. The average molecular weight is 373 g/mol. The highest BCUT2D eigenvalue weighted by atomic mass is 32.2. The van der Waals surface area contributed by atoms with Crippen LogP contribution in [0.4, 0.5) is 11.4 Å². The maximum Gasteiger partial charge on any atom is 0.282 e. The summed E-state index contributed by atoms with van der Waals surface area (Å²) in [5.74, 6) is 0.0711. The minimum atomic E-state index is -0.563. The molecule has 25 heavy (non-hydrogen) atoms. The number of anilines is 1.